The molecule has 51 heavy (non-hydrogen) atoms. The van der Waals surface area contributed by atoms with Gasteiger partial charge in [-0.3, -0.25) is 0 Å². The third kappa shape index (κ3) is 8.32. The van der Waals surface area contributed by atoms with Gasteiger partial charge in [0.2, 0.25) is 0 Å². The van der Waals surface area contributed by atoms with Crippen LogP contribution in [0, 0.1) is 54.8 Å². The lowest BCUT2D eigenvalue weighted by Crippen LogP contribution is -2.34. The van der Waals surface area contributed by atoms with Crippen LogP contribution >= 0.6 is 0 Å². The van der Waals surface area contributed by atoms with Gasteiger partial charge in [-0.25, -0.2) is 0 Å². The van der Waals surface area contributed by atoms with E-state index in [1.807, 2.05) is 0 Å². The van der Waals surface area contributed by atoms with E-state index in [0.29, 0.717) is 17.3 Å². The van der Waals surface area contributed by atoms with Crippen molar-refractivity contribution in [2.45, 2.75) is 121 Å². The molecule has 0 spiro atoms. The van der Waals surface area contributed by atoms with Crippen LogP contribution in [-0.2, 0) is 12.8 Å². The van der Waals surface area contributed by atoms with Gasteiger partial charge in [0.25, 0.3) is 0 Å². The minimum absolute atomic E-state index is 0.500. The van der Waals surface area contributed by atoms with E-state index in [9.17, 15) is 0 Å². The maximum absolute atomic E-state index is 4.30. The molecule has 3 aromatic carbocycles. The second-order valence-electron chi connectivity index (χ2n) is 19.0. The van der Waals surface area contributed by atoms with Crippen molar-refractivity contribution in [2.24, 2.45) is 40.9 Å². The van der Waals surface area contributed by atoms with Crippen molar-refractivity contribution in [1.29, 1.82) is 0 Å². The topological polar surface area (TPSA) is 0 Å². The fourth-order valence-corrected chi connectivity index (χ4v) is 9.47. The molecule has 0 bridgehead atoms. The monoisotopic (exact) mass is 679 g/mol. The molecule has 0 heteroatoms. The van der Waals surface area contributed by atoms with E-state index in [-0.39, 0.29) is 0 Å². The molecule has 270 valence electrons. The summed E-state index contributed by atoms with van der Waals surface area (Å²) in [5.41, 5.74) is 17.5. The normalized spacial score (nSPS) is 23.8. The zero-order valence-corrected chi connectivity index (χ0v) is 33.8. The Balaban J connectivity index is 0.000000839. The van der Waals surface area contributed by atoms with Crippen LogP contribution in [0.4, 0.5) is 0 Å². The standard InChI is InChI=1S/C46H54.C5H12/c1-27(2)19-42-31(8)20-40-23-39(26-44(40)46(42)33-11-9-30(7)10-12-33)35-17-18-36-25-41(29(5)6)45(43(36)24-35)34-15-13-32(14-16-34)38-21-37(22-38)28(3)4;1-5(2,3)4/h9-12,17-18,20,23-25,29,32,34,37-38,41H,1,3,13-16,19,21-22,26H2,2,4-8H3;1-4H3. The van der Waals surface area contributed by atoms with Crippen LogP contribution in [0.3, 0.4) is 0 Å². The molecule has 0 amide bonds. The number of rotatable bonds is 8. The van der Waals surface area contributed by atoms with E-state index in [1.54, 1.807) is 10.8 Å². The van der Waals surface area contributed by atoms with E-state index in [0.717, 1.165) is 36.5 Å². The molecule has 7 rings (SSSR count). The first-order valence-electron chi connectivity index (χ1n) is 20.2. The molecule has 1 atom stereocenters. The molecule has 0 aromatic heterocycles. The third-order valence-electron chi connectivity index (χ3n) is 12.2. The zero-order valence-electron chi connectivity index (χ0n) is 33.8. The molecule has 3 aromatic rings. The number of hydrogen-bond acceptors (Lipinski definition) is 0. The largest absolute Gasteiger partial charge is 0.0999 e. The smallest absolute Gasteiger partial charge is 0.00210 e. The zero-order chi connectivity index (χ0) is 36.8. The predicted octanol–water partition coefficient (Wildman–Crippen LogP) is 12.9. The number of benzene rings is 3. The summed E-state index contributed by atoms with van der Waals surface area (Å²) in [6.07, 6.45) is 15.4. The minimum atomic E-state index is 0.500. The second-order valence-corrected chi connectivity index (χ2v) is 19.0. The number of hydrogen-bond donors (Lipinski definition) is 0. The van der Waals surface area contributed by atoms with E-state index in [4.69, 9.17) is 0 Å². The van der Waals surface area contributed by atoms with Crippen molar-refractivity contribution in [2.75, 3.05) is 0 Å². The molecule has 0 saturated heterocycles. The molecule has 4 aliphatic carbocycles. The highest BCUT2D eigenvalue weighted by Crippen LogP contribution is 2.50. The molecule has 0 N–H and O–H groups in total. The summed E-state index contributed by atoms with van der Waals surface area (Å²) in [6.45, 7) is 31.0. The Morgan fingerprint density at radius 2 is 1.45 bits per heavy atom. The fourth-order valence-electron chi connectivity index (χ4n) is 9.47. The average molecular weight is 679 g/mol. The van der Waals surface area contributed by atoms with Gasteiger partial charge >= 0.3 is 0 Å². The predicted molar refractivity (Wildman–Crippen MR) is 225 cm³/mol. The summed E-state index contributed by atoms with van der Waals surface area (Å²) in [7, 11) is 0. The Kier molecular flexibility index (Phi) is 10.9. The van der Waals surface area contributed by atoms with Gasteiger partial charge in [-0.05, 0) is 175 Å². The van der Waals surface area contributed by atoms with Crippen LogP contribution in [0.1, 0.15) is 127 Å². The van der Waals surface area contributed by atoms with E-state index in [1.165, 1.54) is 105 Å². The quantitative estimate of drug-likeness (QED) is 0.208. The summed E-state index contributed by atoms with van der Waals surface area (Å²) in [5, 5.41) is 3.03. The molecule has 0 heterocycles. The maximum Gasteiger partial charge on any atom is 0.00210 e. The Hall–Kier alpha value is -3.38. The summed E-state index contributed by atoms with van der Waals surface area (Å²) in [4.78, 5) is 0. The van der Waals surface area contributed by atoms with Crippen molar-refractivity contribution >= 4 is 23.3 Å². The SMILES string of the molecule is C=C(C)Cc1c(C)cc2c(c1-c1ccc(C)cc1)CC(c1ccc3c(c1)=C(C1CCC(C4CC(C(=C)C)C4)CC1)C(C(C)C)C=3)=C2.CC(C)(C)C. The highest BCUT2D eigenvalue weighted by atomic mass is 14.4. The van der Waals surface area contributed by atoms with Gasteiger partial charge in [-0.15, -0.1) is 0 Å². The minimum Gasteiger partial charge on any atom is -0.0999 e. The number of fused-ring (bicyclic) bond motifs is 2. The van der Waals surface area contributed by atoms with Crippen molar-refractivity contribution in [3.63, 3.8) is 0 Å². The number of aryl methyl sites for hydroxylation is 2. The van der Waals surface area contributed by atoms with Gasteiger partial charge in [-0.2, -0.15) is 0 Å². The summed E-state index contributed by atoms with van der Waals surface area (Å²) >= 11 is 0. The first kappa shape index (κ1) is 37.4. The van der Waals surface area contributed by atoms with E-state index in [2.05, 4.69) is 143 Å². The Morgan fingerprint density at radius 3 is 2.04 bits per heavy atom. The molecule has 0 radical (unpaired) electrons. The highest BCUT2D eigenvalue weighted by Gasteiger charge is 2.39. The van der Waals surface area contributed by atoms with E-state index >= 15 is 0 Å². The Morgan fingerprint density at radius 1 is 0.824 bits per heavy atom. The van der Waals surface area contributed by atoms with Crippen LogP contribution in [-0.4, -0.2) is 0 Å². The summed E-state index contributed by atoms with van der Waals surface area (Å²) in [6, 6.07) is 19.0. The van der Waals surface area contributed by atoms with Crippen LogP contribution in [0.15, 0.2) is 72.8 Å². The van der Waals surface area contributed by atoms with Gasteiger partial charge < -0.3 is 0 Å². The average Bonchev–Trinajstić information content (AvgIpc) is 3.62. The Bertz CT molecular complexity index is 1930. The maximum atomic E-state index is 4.30. The van der Waals surface area contributed by atoms with Crippen LogP contribution in [0.2, 0.25) is 0 Å². The molecule has 0 aliphatic heterocycles. The second kappa shape index (κ2) is 14.9. The van der Waals surface area contributed by atoms with Gasteiger partial charge in [0.1, 0.15) is 0 Å². The lowest BCUT2D eigenvalue weighted by molar-refractivity contribution is 0.109. The first-order chi connectivity index (χ1) is 24.1. The summed E-state index contributed by atoms with van der Waals surface area (Å²) in [5.74, 6) is 4.60. The van der Waals surface area contributed by atoms with Crippen molar-refractivity contribution in [1.82, 2.24) is 0 Å². The lowest BCUT2D eigenvalue weighted by Gasteiger charge is -2.44. The third-order valence-corrected chi connectivity index (χ3v) is 12.2. The fraction of sp³-hybridized carbons (Fsp3) is 0.490. The molecular weight excluding hydrogens is 613 g/mol. The molecule has 2 saturated carbocycles. The van der Waals surface area contributed by atoms with Crippen molar-refractivity contribution in [3.05, 3.63) is 117 Å². The first-order valence-corrected chi connectivity index (χ1v) is 20.2. The van der Waals surface area contributed by atoms with Crippen molar-refractivity contribution in [3.8, 4) is 11.1 Å². The molecule has 0 nitrogen and oxygen atoms in total. The van der Waals surface area contributed by atoms with Crippen LogP contribution < -0.4 is 10.4 Å². The van der Waals surface area contributed by atoms with Gasteiger partial charge in [0.05, 0.1) is 0 Å². The lowest BCUT2D eigenvalue weighted by atomic mass is 9.61. The Labute approximate surface area is 311 Å². The molecule has 4 aliphatic rings. The molecule has 2 fully saturated rings. The molecule has 1 unspecified atom stereocenters. The highest BCUT2D eigenvalue weighted by molar-refractivity contribution is 5.93. The van der Waals surface area contributed by atoms with Gasteiger partial charge in [0, 0.05) is 5.92 Å². The van der Waals surface area contributed by atoms with Crippen LogP contribution in [0.25, 0.3) is 34.4 Å². The van der Waals surface area contributed by atoms with Crippen molar-refractivity contribution < 1.29 is 0 Å². The van der Waals surface area contributed by atoms with Gasteiger partial charge in [0.15, 0.2) is 0 Å². The van der Waals surface area contributed by atoms with Crippen LogP contribution in [0.5, 0.6) is 0 Å². The number of allylic oxidation sites excluding steroid dienone is 3. The summed E-state index contributed by atoms with van der Waals surface area (Å²) < 4.78 is 0. The van der Waals surface area contributed by atoms with E-state index < -0.39 is 0 Å². The van der Waals surface area contributed by atoms with Gasteiger partial charge in [-0.1, -0.05) is 132 Å². The molecular formula is C51H66.